The molecule has 1 aliphatic heterocycles. The van der Waals surface area contributed by atoms with E-state index in [1.807, 2.05) is 13.0 Å². The molecule has 27 heavy (non-hydrogen) atoms. The molecule has 0 amide bonds. The lowest BCUT2D eigenvalue weighted by Crippen LogP contribution is -2.38. The molecule has 142 valence electrons. The maximum atomic E-state index is 13.8. The van der Waals surface area contributed by atoms with Crippen molar-refractivity contribution in [1.82, 2.24) is 10.6 Å². The minimum atomic E-state index is -0.183. The van der Waals surface area contributed by atoms with Gasteiger partial charge in [-0.25, -0.2) is 4.39 Å². The molecule has 0 bridgehead atoms. The minimum absolute atomic E-state index is 0.0451. The quantitative estimate of drug-likeness (QED) is 0.478. The third-order valence-corrected chi connectivity index (χ3v) is 4.85. The summed E-state index contributed by atoms with van der Waals surface area (Å²) < 4.78 is 13.8. The van der Waals surface area contributed by atoms with Crippen molar-refractivity contribution in [2.24, 2.45) is 4.99 Å². The highest BCUT2D eigenvalue weighted by molar-refractivity contribution is 5.80. The van der Waals surface area contributed by atoms with E-state index in [0.717, 1.165) is 18.7 Å². The van der Waals surface area contributed by atoms with Crippen molar-refractivity contribution in [3.63, 3.8) is 0 Å². The molecule has 0 spiro atoms. The van der Waals surface area contributed by atoms with Gasteiger partial charge in [0.25, 0.3) is 0 Å². The van der Waals surface area contributed by atoms with E-state index >= 15 is 0 Å². The number of anilines is 1. The topological polar surface area (TPSA) is 39.7 Å². The molecule has 1 aliphatic rings. The summed E-state index contributed by atoms with van der Waals surface area (Å²) in [6.07, 6.45) is 4.37. The zero-order valence-corrected chi connectivity index (χ0v) is 16.2. The van der Waals surface area contributed by atoms with Gasteiger partial charge in [-0.1, -0.05) is 36.4 Å². The fourth-order valence-corrected chi connectivity index (χ4v) is 3.06. The van der Waals surface area contributed by atoms with Crippen molar-refractivity contribution in [2.75, 3.05) is 25.0 Å². The molecule has 5 heteroatoms. The summed E-state index contributed by atoms with van der Waals surface area (Å²) in [5, 5.41) is 6.63. The van der Waals surface area contributed by atoms with Gasteiger partial charge in [-0.2, -0.15) is 0 Å². The van der Waals surface area contributed by atoms with Gasteiger partial charge >= 0.3 is 0 Å². The third-order valence-electron chi connectivity index (χ3n) is 4.85. The Kier molecular flexibility index (Phi) is 6.12. The van der Waals surface area contributed by atoms with Gasteiger partial charge in [-0.05, 0) is 48.7 Å². The van der Waals surface area contributed by atoms with Crippen molar-refractivity contribution in [2.45, 2.75) is 26.4 Å². The van der Waals surface area contributed by atoms with Gasteiger partial charge in [0.05, 0.1) is 6.04 Å². The Morgan fingerprint density at radius 1 is 1.15 bits per heavy atom. The molecule has 0 radical (unpaired) electrons. The highest BCUT2D eigenvalue weighted by Crippen LogP contribution is 2.18. The number of hydrogen-bond acceptors (Lipinski definition) is 2. The fraction of sp³-hybridized carbons (Fsp3) is 0.318. The number of nitrogens with one attached hydrogen (secondary N) is 2. The second kappa shape index (κ2) is 8.71. The van der Waals surface area contributed by atoms with E-state index in [4.69, 9.17) is 0 Å². The summed E-state index contributed by atoms with van der Waals surface area (Å²) >= 11 is 0. The van der Waals surface area contributed by atoms with Crippen LogP contribution in [0, 0.1) is 12.7 Å². The molecule has 0 fully saturated rings. The van der Waals surface area contributed by atoms with Gasteiger partial charge in [0.15, 0.2) is 5.96 Å². The lowest BCUT2D eigenvalue weighted by atomic mass is 10.1. The average molecular weight is 366 g/mol. The molecule has 2 aromatic rings. The van der Waals surface area contributed by atoms with Crippen LogP contribution in [0.1, 0.15) is 29.7 Å². The highest BCUT2D eigenvalue weighted by atomic mass is 19.1. The summed E-state index contributed by atoms with van der Waals surface area (Å²) in [6.45, 7) is 6.39. The van der Waals surface area contributed by atoms with Crippen LogP contribution in [0.5, 0.6) is 0 Å². The maximum absolute atomic E-state index is 13.8. The average Bonchev–Trinajstić information content (AvgIpc) is 3.22. The molecule has 0 aliphatic carbocycles. The predicted molar refractivity (Wildman–Crippen MR) is 111 cm³/mol. The number of benzene rings is 2. The first-order chi connectivity index (χ1) is 13.1. The van der Waals surface area contributed by atoms with Gasteiger partial charge in [-0.15, -0.1) is 0 Å². The number of nitrogens with zero attached hydrogens (tertiary/aromatic N) is 2. The van der Waals surface area contributed by atoms with E-state index in [9.17, 15) is 4.39 Å². The largest absolute Gasteiger partial charge is 0.364 e. The molecule has 4 nitrogen and oxygen atoms in total. The van der Waals surface area contributed by atoms with Crippen molar-refractivity contribution in [3.05, 3.63) is 77.1 Å². The van der Waals surface area contributed by atoms with E-state index in [1.54, 1.807) is 26.1 Å². The van der Waals surface area contributed by atoms with Crippen LogP contribution >= 0.6 is 0 Å². The monoisotopic (exact) mass is 366 g/mol. The predicted octanol–water partition coefficient (Wildman–Crippen LogP) is 3.94. The van der Waals surface area contributed by atoms with Crippen LogP contribution in [0.25, 0.3) is 0 Å². The van der Waals surface area contributed by atoms with Crippen molar-refractivity contribution < 1.29 is 4.39 Å². The number of halogens is 1. The summed E-state index contributed by atoms with van der Waals surface area (Å²) in [5.74, 6) is 0.508. The first kappa shape index (κ1) is 19.0. The lowest BCUT2D eigenvalue weighted by Gasteiger charge is -2.20. The van der Waals surface area contributed by atoms with Gasteiger partial charge in [0.2, 0.25) is 0 Å². The summed E-state index contributed by atoms with van der Waals surface area (Å²) in [6, 6.07) is 13.8. The summed E-state index contributed by atoms with van der Waals surface area (Å²) in [7, 11) is 1.74. The van der Waals surface area contributed by atoms with Crippen LogP contribution in [0.2, 0.25) is 0 Å². The Morgan fingerprint density at radius 2 is 1.85 bits per heavy atom. The molecule has 2 aromatic carbocycles. The standard InChI is InChI=1S/C22H27FN4/c1-16-6-9-19(14-21(16)23)17(2)26-22(24-3)25-15-18-7-10-20(11-8-18)27-12-4-5-13-27/h4-11,14,17H,12-13,15H2,1-3H3,(H2,24,25,26). The maximum Gasteiger partial charge on any atom is 0.191 e. The molecule has 0 saturated carbocycles. The Balaban J connectivity index is 1.54. The molecular formula is C22H27FN4. The number of aryl methyl sites for hydroxylation is 1. The Morgan fingerprint density at radius 3 is 2.48 bits per heavy atom. The molecule has 1 heterocycles. The van der Waals surface area contributed by atoms with Gasteiger partial charge in [0.1, 0.15) is 5.82 Å². The van der Waals surface area contributed by atoms with E-state index in [2.05, 4.69) is 56.9 Å². The normalized spacial score (nSPS) is 15.1. The minimum Gasteiger partial charge on any atom is -0.364 e. The summed E-state index contributed by atoms with van der Waals surface area (Å²) in [5.41, 5.74) is 3.97. The van der Waals surface area contributed by atoms with E-state index in [0.29, 0.717) is 18.1 Å². The Bertz CT molecular complexity index is 819. The molecule has 3 rings (SSSR count). The van der Waals surface area contributed by atoms with E-state index in [-0.39, 0.29) is 11.9 Å². The molecule has 1 atom stereocenters. The molecule has 0 saturated heterocycles. The van der Waals surface area contributed by atoms with Gasteiger partial charge in [-0.3, -0.25) is 4.99 Å². The zero-order valence-electron chi connectivity index (χ0n) is 16.2. The van der Waals surface area contributed by atoms with Crippen LogP contribution in [0.3, 0.4) is 0 Å². The Hall–Kier alpha value is -2.82. The molecular weight excluding hydrogens is 339 g/mol. The molecule has 0 aromatic heterocycles. The first-order valence-electron chi connectivity index (χ1n) is 9.29. The van der Waals surface area contributed by atoms with Crippen LogP contribution in [-0.2, 0) is 6.54 Å². The van der Waals surface area contributed by atoms with Crippen molar-refractivity contribution in [3.8, 4) is 0 Å². The van der Waals surface area contributed by atoms with E-state index in [1.165, 1.54) is 11.3 Å². The zero-order chi connectivity index (χ0) is 19.2. The fourth-order valence-electron chi connectivity index (χ4n) is 3.06. The van der Waals surface area contributed by atoms with Gasteiger partial charge < -0.3 is 15.5 Å². The third kappa shape index (κ3) is 4.88. The van der Waals surface area contributed by atoms with Crippen molar-refractivity contribution >= 4 is 11.6 Å². The number of rotatable bonds is 5. The number of hydrogen-bond donors (Lipinski definition) is 2. The van der Waals surface area contributed by atoms with E-state index < -0.39 is 0 Å². The second-order valence-corrected chi connectivity index (χ2v) is 6.84. The van der Waals surface area contributed by atoms with Gasteiger partial charge in [0, 0.05) is 32.4 Å². The first-order valence-corrected chi connectivity index (χ1v) is 9.29. The van der Waals surface area contributed by atoms with Crippen LogP contribution in [0.4, 0.5) is 10.1 Å². The highest BCUT2D eigenvalue weighted by Gasteiger charge is 2.10. The van der Waals surface area contributed by atoms with Crippen LogP contribution < -0.4 is 15.5 Å². The van der Waals surface area contributed by atoms with Crippen LogP contribution in [0.15, 0.2) is 59.6 Å². The second-order valence-electron chi connectivity index (χ2n) is 6.84. The molecule has 2 N–H and O–H groups in total. The summed E-state index contributed by atoms with van der Waals surface area (Å²) in [4.78, 5) is 6.59. The SMILES string of the molecule is CN=C(NCc1ccc(N2CC=CC2)cc1)NC(C)c1ccc(C)c(F)c1. The lowest BCUT2D eigenvalue weighted by molar-refractivity contribution is 0.607. The number of guanidine groups is 1. The Labute approximate surface area is 160 Å². The van der Waals surface area contributed by atoms with Crippen molar-refractivity contribution in [1.29, 1.82) is 0 Å². The smallest absolute Gasteiger partial charge is 0.191 e. The number of aliphatic imine (C=N–C) groups is 1. The van der Waals surface area contributed by atoms with Crippen LogP contribution in [-0.4, -0.2) is 26.1 Å². The molecule has 1 unspecified atom stereocenters.